The van der Waals surface area contributed by atoms with Crippen LogP contribution in [0.1, 0.15) is 17.0 Å². The quantitative estimate of drug-likeness (QED) is 0.514. The van der Waals surface area contributed by atoms with Crippen LogP contribution in [0.5, 0.6) is 0 Å². The van der Waals surface area contributed by atoms with E-state index >= 15 is 0 Å². The van der Waals surface area contributed by atoms with Gasteiger partial charge < -0.3 is 25.2 Å². The van der Waals surface area contributed by atoms with Gasteiger partial charge in [0.05, 0.1) is 25.1 Å². The number of nitrogens with one attached hydrogen (secondary N) is 3. The smallest absolute Gasteiger partial charge is 0.318 e. The minimum atomic E-state index is -0.412. The second kappa shape index (κ2) is 9.34. The summed E-state index contributed by atoms with van der Waals surface area (Å²) in [6, 6.07) is 6.63. The van der Waals surface area contributed by atoms with Gasteiger partial charge in [-0.15, -0.1) is 0 Å². The molecule has 5 rings (SSSR count). The van der Waals surface area contributed by atoms with Gasteiger partial charge in [0.1, 0.15) is 11.7 Å². The summed E-state index contributed by atoms with van der Waals surface area (Å²) in [4.78, 5) is 38.3. The number of amides is 3. The zero-order valence-electron chi connectivity index (χ0n) is 20.0. The Morgan fingerprint density at radius 3 is 2.77 bits per heavy atom. The highest BCUT2D eigenvalue weighted by Gasteiger charge is 2.41. The van der Waals surface area contributed by atoms with Crippen LogP contribution in [0.25, 0.3) is 11.4 Å². The van der Waals surface area contributed by atoms with E-state index in [1.165, 1.54) is 0 Å². The molecule has 11 heteroatoms. The third-order valence-corrected chi connectivity index (χ3v) is 6.49. The Kier molecular flexibility index (Phi) is 6.08. The predicted octanol–water partition coefficient (Wildman–Crippen LogP) is 2.03. The van der Waals surface area contributed by atoms with Crippen LogP contribution < -0.4 is 20.4 Å². The van der Waals surface area contributed by atoms with Gasteiger partial charge in [-0.1, -0.05) is 0 Å². The van der Waals surface area contributed by atoms with Crippen LogP contribution >= 0.6 is 0 Å². The monoisotopic (exact) mass is 476 g/mol. The maximum Gasteiger partial charge on any atom is 0.318 e. The van der Waals surface area contributed by atoms with Crippen molar-refractivity contribution in [3.05, 3.63) is 47.4 Å². The molecule has 1 fully saturated rings. The molecule has 3 N–H and O–H groups in total. The van der Waals surface area contributed by atoms with Gasteiger partial charge in [0.25, 0.3) is 5.91 Å². The minimum absolute atomic E-state index is 0.00280. The summed E-state index contributed by atoms with van der Waals surface area (Å²) >= 11 is 0. The summed E-state index contributed by atoms with van der Waals surface area (Å²) in [7, 11) is 1.56. The van der Waals surface area contributed by atoms with E-state index in [4.69, 9.17) is 9.72 Å². The Morgan fingerprint density at radius 1 is 1.26 bits per heavy atom. The van der Waals surface area contributed by atoms with E-state index in [-0.39, 0.29) is 11.9 Å². The first kappa shape index (κ1) is 22.8. The number of rotatable bonds is 5. The summed E-state index contributed by atoms with van der Waals surface area (Å²) in [6.07, 6.45) is 2.40. The van der Waals surface area contributed by atoms with Gasteiger partial charge >= 0.3 is 6.03 Å². The standard InChI is InChI=1S/C24H28N8O3/c1-14-18(15(2)30-29-14)8-9-32-19-12-26-21(16-4-6-17(7-5-16)27-24(34)25-3)28-22(19)31-10-11-35-13-20(31)23(32)33/h4-7,12,20H,8-11,13H2,1-3H3,(H,29,30)(H2,25,27,34). The van der Waals surface area contributed by atoms with E-state index in [9.17, 15) is 9.59 Å². The van der Waals surface area contributed by atoms with Gasteiger partial charge in [-0.2, -0.15) is 5.10 Å². The first-order chi connectivity index (χ1) is 17.0. The number of hydrogen-bond acceptors (Lipinski definition) is 7. The lowest BCUT2D eigenvalue weighted by molar-refractivity contribution is -0.122. The van der Waals surface area contributed by atoms with E-state index in [0.29, 0.717) is 49.9 Å². The lowest BCUT2D eigenvalue weighted by Crippen LogP contribution is -2.59. The number of fused-ring (bicyclic) bond motifs is 3. The highest BCUT2D eigenvalue weighted by Crippen LogP contribution is 2.36. The molecule has 3 amide bonds. The summed E-state index contributed by atoms with van der Waals surface area (Å²) in [6.45, 7) is 5.91. The molecule has 1 unspecified atom stereocenters. The molecule has 11 nitrogen and oxygen atoms in total. The first-order valence-corrected chi connectivity index (χ1v) is 11.6. The van der Waals surface area contributed by atoms with E-state index < -0.39 is 6.04 Å². The minimum Gasteiger partial charge on any atom is -0.377 e. The molecule has 0 bridgehead atoms. The van der Waals surface area contributed by atoms with Crippen LogP contribution in [0.15, 0.2) is 30.5 Å². The van der Waals surface area contributed by atoms with E-state index in [2.05, 4.69) is 25.8 Å². The molecular weight excluding hydrogens is 448 g/mol. The summed E-state index contributed by atoms with van der Waals surface area (Å²) in [5.74, 6) is 1.28. The van der Waals surface area contributed by atoms with Crippen molar-refractivity contribution in [1.29, 1.82) is 0 Å². The molecule has 3 aromatic rings. The number of hydrogen-bond donors (Lipinski definition) is 3. The molecule has 182 valence electrons. The summed E-state index contributed by atoms with van der Waals surface area (Å²) < 4.78 is 5.64. The van der Waals surface area contributed by atoms with Crippen LogP contribution in [0, 0.1) is 13.8 Å². The van der Waals surface area contributed by atoms with Crippen molar-refractivity contribution in [1.82, 2.24) is 25.5 Å². The van der Waals surface area contributed by atoms with Crippen LogP contribution in [-0.2, 0) is 16.0 Å². The van der Waals surface area contributed by atoms with Crippen LogP contribution in [0.2, 0.25) is 0 Å². The molecule has 4 heterocycles. The maximum absolute atomic E-state index is 13.4. The van der Waals surface area contributed by atoms with E-state index in [0.717, 1.165) is 28.3 Å². The summed E-state index contributed by atoms with van der Waals surface area (Å²) in [5.41, 5.74) is 5.25. The van der Waals surface area contributed by atoms with Crippen molar-refractivity contribution in [2.75, 3.05) is 48.5 Å². The van der Waals surface area contributed by atoms with Crippen molar-refractivity contribution in [2.24, 2.45) is 0 Å². The number of aromatic amines is 1. The normalized spacial score (nSPS) is 17.1. The molecule has 0 aliphatic carbocycles. The summed E-state index contributed by atoms with van der Waals surface area (Å²) in [5, 5.41) is 12.5. The number of aromatic nitrogens is 4. The number of benzene rings is 1. The predicted molar refractivity (Wildman–Crippen MR) is 132 cm³/mol. The first-order valence-electron chi connectivity index (χ1n) is 11.6. The van der Waals surface area contributed by atoms with Gasteiger partial charge in [0, 0.05) is 37.1 Å². The second-order valence-electron chi connectivity index (χ2n) is 8.62. The largest absolute Gasteiger partial charge is 0.377 e. The molecule has 2 aliphatic heterocycles. The maximum atomic E-state index is 13.4. The zero-order chi connectivity index (χ0) is 24.5. The zero-order valence-corrected chi connectivity index (χ0v) is 20.0. The molecule has 1 aromatic carbocycles. The van der Waals surface area contributed by atoms with Crippen molar-refractivity contribution < 1.29 is 14.3 Å². The average Bonchev–Trinajstić information content (AvgIpc) is 3.21. The van der Waals surface area contributed by atoms with Gasteiger partial charge in [0.2, 0.25) is 0 Å². The Morgan fingerprint density at radius 2 is 2.06 bits per heavy atom. The third kappa shape index (κ3) is 4.30. The lowest BCUT2D eigenvalue weighted by atomic mass is 10.1. The molecule has 2 aliphatic rings. The third-order valence-electron chi connectivity index (χ3n) is 6.49. The second-order valence-corrected chi connectivity index (χ2v) is 8.62. The fourth-order valence-electron chi connectivity index (χ4n) is 4.56. The lowest BCUT2D eigenvalue weighted by Gasteiger charge is -2.44. The fourth-order valence-corrected chi connectivity index (χ4v) is 4.56. The Labute approximate surface area is 202 Å². The van der Waals surface area contributed by atoms with Crippen molar-refractivity contribution in [3.63, 3.8) is 0 Å². The average molecular weight is 477 g/mol. The molecular formula is C24H28N8O3. The Balaban J connectivity index is 1.46. The number of H-pyrrole nitrogens is 1. The Hall–Kier alpha value is -3.99. The molecule has 1 atom stereocenters. The molecule has 2 aromatic heterocycles. The number of carbonyl (C=O) groups excluding carboxylic acids is 2. The van der Waals surface area contributed by atoms with Crippen molar-refractivity contribution in [2.45, 2.75) is 26.3 Å². The van der Waals surface area contributed by atoms with Crippen LogP contribution in [0.4, 0.5) is 22.0 Å². The van der Waals surface area contributed by atoms with Gasteiger partial charge in [-0.25, -0.2) is 14.8 Å². The highest BCUT2D eigenvalue weighted by atomic mass is 16.5. The van der Waals surface area contributed by atoms with Crippen molar-refractivity contribution in [3.8, 4) is 11.4 Å². The number of anilines is 3. The Bertz CT molecular complexity index is 1240. The van der Waals surface area contributed by atoms with Gasteiger partial charge in [0.15, 0.2) is 11.6 Å². The molecule has 35 heavy (non-hydrogen) atoms. The number of carbonyl (C=O) groups is 2. The molecule has 0 radical (unpaired) electrons. The topological polar surface area (TPSA) is 128 Å². The van der Waals surface area contributed by atoms with E-state index in [1.807, 2.05) is 30.9 Å². The molecule has 0 spiro atoms. The SMILES string of the molecule is CNC(=O)Nc1ccc(-c2ncc3c(n2)N2CCOCC2C(=O)N3CCc2c(C)n[nH]c2C)cc1. The van der Waals surface area contributed by atoms with Gasteiger partial charge in [-0.3, -0.25) is 9.89 Å². The number of nitrogens with zero attached hydrogens (tertiary/aromatic N) is 5. The number of ether oxygens (including phenoxy) is 1. The fraction of sp³-hybridized carbons (Fsp3) is 0.375. The van der Waals surface area contributed by atoms with Gasteiger partial charge in [-0.05, 0) is 50.1 Å². The number of aryl methyl sites for hydroxylation is 2. The van der Waals surface area contributed by atoms with Crippen LogP contribution in [-0.4, -0.2) is 71.5 Å². The van der Waals surface area contributed by atoms with E-state index in [1.54, 1.807) is 30.3 Å². The molecule has 0 saturated carbocycles. The number of urea groups is 1. The van der Waals surface area contributed by atoms with Crippen molar-refractivity contribution >= 4 is 29.1 Å². The number of morpholine rings is 1. The molecule has 1 saturated heterocycles. The highest BCUT2D eigenvalue weighted by molar-refractivity contribution is 6.05. The van der Waals surface area contributed by atoms with Crippen LogP contribution in [0.3, 0.4) is 0 Å².